The van der Waals surface area contributed by atoms with Gasteiger partial charge in [0.25, 0.3) is 11.5 Å². The van der Waals surface area contributed by atoms with Crippen molar-refractivity contribution >= 4 is 11.6 Å². The van der Waals surface area contributed by atoms with E-state index in [4.69, 9.17) is 4.74 Å². The highest BCUT2D eigenvalue weighted by atomic mass is 19.3. The number of hydrogen-bond acceptors (Lipinski definition) is 4. The molecule has 3 aromatic rings. The highest BCUT2D eigenvalue weighted by molar-refractivity contribution is 5.95. The monoisotopic (exact) mass is 387 g/mol. The second kappa shape index (κ2) is 7.03. The van der Waals surface area contributed by atoms with E-state index in [1.165, 1.54) is 37.4 Å². The minimum absolute atomic E-state index is 0.106. The van der Waals surface area contributed by atoms with Crippen LogP contribution in [-0.4, -0.2) is 27.2 Å². The number of alkyl halides is 2. The third-order valence-corrected chi connectivity index (χ3v) is 4.39. The summed E-state index contributed by atoms with van der Waals surface area (Å²) in [6, 6.07) is 5.56. The number of rotatable bonds is 5. The van der Waals surface area contributed by atoms with Gasteiger partial charge in [0.05, 0.1) is 12.3 Å². The lowest BCUT2D eigenvalue weighted by Crippen LogP contribution is -2.17. The SMILES string of the molecule is C=C(C)C(F)(F)c1ccc(-c2cc(=O)n3[nH]cc(C(=O)OCC)c3n2)cc1C. The number of nitrogens with one attached hydrogen (secondary N) is 1. The van der Waals surface area contributed by atoms with Crippen molar-refractivity contribution in [3.63, 3.8) is 0 Å². The van der Waals surface area contributed by atoms with Crippen molar-refractivity contribution in [1.29, 1.82) is 0 Å². The Morgan fingerprint density at radius 1 is 1.36 bits per heavy atom. The summed E-state index contributed by atoms with van der Waals surface area (Å²) in [7, 11) is 0. The highest BCUT2D eigenvalue weighted by Gasteiger charge is 2.34. The third-order valence-electron chi connectivity index (χ3n) is 4.39. The zero-order valence-corrected chi connectivity index (χ0v) is 15.7. The Labute approximate surface area is 159 Å². The first-order chi connectivity index (χ1) is 13.2. The maximum atomic E-state index is 14.3. The molecule has 0 unspecified atom stereocenters. The summed E-state index contributed by atoms with van der Waals surface area (Å²) < 4.78 is 34.7. The Morgan fingerprint density at radius 3 is 2.68 bits per heavy atom. The fraction of sp³-hybridized carbons (Fsp3) is 0.250. The van der Waals surface area contributed by atoms with Crippen molar-refractivity contribution in [2.45, 2.75) is 26.7 Å². The topological polar surface area (TPSA) is 76.5 Å². The quantitative estimate of drug-likeness (QED) is 0.533. The number of halogens is 2. The predicted octanol–water partition coefficient (Wildman–Crippen LogP) is 3.84. The largest absolute Gasteiger partial charge is 0.462 e. The Balaban J connectivity index is 2.13. The molecule has 0 aliphatic heterocycles. The second-order valence-electron chi connectivity index (χ2n) is 6.43. The van der Waals surface area contributed by atoms with Gasteiger partial charge >= 0.3 is 5.97 Å². The van der Waals surface area contributed by atoms with Gasteiger partial charge in [-0.05, 0) is 38.0 Å². The number of esters is 1. The lowest BCUT2D eigenvalue weighted by Gasteiger charge is -2.19. The van der Waals surface area contributed by atoms with Crippen LogP contribution in [0.15, 0.2) is 47.4 Å². The molecule has 0 aliphatic rings. The molecule has 1 N–H and O–H groups in total. The number of ether oxygens (including phenoxy) is 1. The summed E-state index contributed by atoms with van der Waals surface area (Å²) in [6.07, 6.45) is 1.34. The van der Waals surface area contributed by atoms with Crippen LogP contribution in [0.5, 0.6) is 0 Å². The number of aryl methyl sites for hydroxylation is 1. The van der Waals surface area contributed by atoms with Crippen molar-refractivity contribution in [2.24, 2.45) is 0 Å². The van der Waals surface area contributed by atoms with E-state index in [1.807, 2.05) is 0 Å². The number of hydrogen-bond donors (Lipinski definition) is 1. The van der Waals surface area contributed by atoms with Crippen molar-refractivity contribution in [2.75, 3.05) is 6.61 Å². The van der Waals surface area contributed by atoms with Crippen LogP contribution in [0.4, 0.5) is 8.78 Å². The molecule has 8 heteroatoms. The van der Waals surface area contributed by atoms with E-state index in [-0.39, 0.29) is 34.6 Å². The zero-order valence-electron chi connectivity index (χ0n) is 15.7. The lowest BCUT2D eigenvalue weighted by atomic mass is 9.95. The van der Waals surface area contributed by atoms with Crippen LogP contribution in [0.3, 0.4) is 0 Å². The molecule has 3 rings (SSSR count). The molecule has 0 saturated heterocycles. The molecule has 0 atom stereocenters. The molecule has 0 saturated carbocycles. The van der Waals surface area contributed by atoms with Gasteiger partial charge in [-0.1, -0.05) is 18.7 Å². The number of benzene rings is 1. The van der Waals surface area contributed by atoms with Crippen LogP contribution >= 0.6 is 0 Å². The number of allylic oxidation sites excluding steroid dienone is 1. The van der Waals surface area contributed by atoms with Gasteiger partial charge in [0.2, 0.25) is 0 Å². The highest BCUT2D eigenvalue weighted by Crippen LogP contribution is 2.37. The van der Waals surface area contributed by atoms with Gasteiger partial charge in [0.15, 0.2) is 5.65 Å². The number of carbonyl (C=O) groups is 1. The molecule has 0 fully saturated rings. The first-order valence-corrected chi connectivity index (χ1v) is 8.60. The van der Waals surface area contributed by atoms with E-state index in [2.05, 4.69) is 16.7 Å². The normalized spacial score (nSPS) is 11.6. The minimum atomic E-state index is -3.16. The summed E-state index contributed by atoms with van der Waals surface area (Å²) in [5.74, 6) is -3.77. The summed E-state index contributed by atoms with van der Waals surface area (Å²) in [6.45, 7) is 8.03. The Hall–Kier alpha value is -3.29. The second-order valence-corrected chi connectivity index (χ2v) is 6.43. The number of aromatic nitrogens is 3. The summed E-state index contributed by atoms with van der Waals surface area (Å²) >= 11 is 0. The Bertz CT molecular complexity index is 1150. The zero-order chi connectivity index (χ0) is 20.6. The fourth-order valence-corrected chi connectivity index (χ4v) is 2.89. The first kappa shape index (κ1) is 19.5. The van der Waals surface area contributed by atoms with Gasteiger partial charge < -0.3 is 4.74 Å². The van der Waals surface area contributed by atoms with Crippen molar-refractivity contribution in [3.05, 3.63) is 69.7 Å². The predicted molar refractivity (Wildman–Crippen MR) is 101 cm³/mol. The van der Waals surface area contributed by atoms with Crippen LogP contribution in [0.25, 0.3) is 16.9 Å². The van der Waals surface area contributed by atoms with Gasteiger partial charge in [-0.25, -0.2) is 14.3 Å². The molecule has 0 radical (unpaired) electrons. The maximum absolute atomic E-state index is 14.3. The first-order valence-electron chi connectivity index (χ1n) is 8.60. The van der Waals surface area contributed by atoms with E-state index in [1.54, 1.807) is 13.8 Å². The van der Waals surface area contributed by atoms with Crippen LogP contribution in [0.2, 0.25) is 0 Å². The third kappa shape index (κ3) is 3.21. The van der Waals surface area contributed by atoms with Crippen LogP contribution in [0.1, 0.15) is 35.3 Å². The number of nitrogens with zero attached hydrogens (tertiary/aromatic N) is 2. The Kier molecular flexibility index (Phi) is 4.89. The van der Waals surface area contributed by atoms with Crippen molar-refractivity contribution in [1.82, 2.24) is 14.6 Å². The van der Waals surface area contributed by atoms with E-state index in [0.29, 0.717) is 11.1 Å². The van der Waals surface area contributed by atoms with Crippen molar-refractivity contribution < 1.29 is 18.3 Å². The molecule has 1 aromatic carbocycles. The number of H-pyrrole nitrogens is 1. The molecule has 2 heterocycles. The molecule has 6 nitrogen and oxygen atoms in total. The Morgan fingerprint density at radius 2 is 2.07 bits per heavy atom. The molecular weight excluding hydrogens is 368 g/mol. The average Bonchev–Trinajstić information content (AvgIpc) is 3.06. The lowest BCUT2D eigenvalue weighted by molar-refractivity contribution is 0.0379. The van der Waals surface area contributed by atoms with Crippen LogP contribution < -0.4 is 5.56 Å². The molecular formula is C20H19F2N3O3. The molecule has 2 aromatic heterocycles. The minimum Gasteiger partial charge on any atom is -0.462 e. The number of fused-ring (bicyclic) bond motifs is 1. The molecule has 0 spiro atoms. The average molecular weight is 387 g/mol. The molecule has 146 valence electrons. The van der Waals surface area contributed by atoms with Gasteiger partial charge in [-0.3, -0.25) is 9.89 Å². The number of aromatic amines is 1. The summed E-state index contributed by atoms with van der Waals surface area (Å²) in [5, 5.41) is 2.66. The standard InChI is InChI=1S/C20H19F2N3O3/c1-5-28-19(27)14-10-23-25-17(26)9-16(24-18(14)25)13-6-7-15(12(4)8-13)20(21,22)11(2)3/h6-10,23H,2,5H2,1,3-4H3. The van der Waals surface area contributed by atoms with Crippen LogP contribution in [0, 0.1) is 6.92 Å². The molecule has 0 aliphatic carbocycles. The van der Waals surface area contributed by atoms with Gasteiger partial charge in [-0.2, -0.15) is 8.78 Å². The molecule has 0 amide bonds. The van der Waals surface area contributed by atoms with Gasteiger partial charge in [0.1, 0.15) is 5.56 Å². The van der Waals surface area contributed by atoms with E-state index >= 15 is 0 Å². The van der Waals surface area contributed by atoms with Gasteiger partial charge in [-0.15, -0.1) is 0 Å². The van der Waals surface area contributed by atoms with E-state index in [0.717, 1.165) is 4.52 Å². The maximum Gasteiger partial charge on any atom is 0.343 e. The smallest absolute Gasteiger partial charge is 0.343 e. The molecule has 0 bridgehead atoms. The van der Waals surface area contributed by atoms with Crippen molar-refractivity contribution in [3.8, 4) is 11.3 Å². The van der Waals surface area contributed by atoms with Gasteiger partial charge in [0, 0.05) is 23.4 Å². The fourth-order valence-electron chi connectivity index (χ4n) is 2.89. The van der Waals surface area contributed by atoms with Crippen LogP contribution in [-0.2, 0) is 10.7 Å². The van der Waals surface area contributed by atoms with E-state index < -0.39 is 17.5 Å². The summed E-state index contributed by atoms with van der Waals surface area (Å²) in [5.41, 5.74) is 0.454. The summed E-state index contributed by atoms with van der Waals surface area (Å²) in [4.78, 5) is 28.8. The number of carbonyl (C=O) groups excluding carboxylic acids is 1. The molecule has 28 heavy (non-hydrogen) atoms. The van der Waals surface area contributed by atoms with E-state index in [9.17, 15) is 18.4 Å².